The molecule has 2 rings (SSSR count). The predicted molar refractivity (Wildman–Crippen MR) is 58.9 cm³/mol. The quantitative estimate of drug-likeness (QED) is 0.761. The van der Waals surface area contributed by atoms with Crippen molar-refractivity contribution < 1.29 is 0 Å². The number of pyridine rings is 2. The highest BCUT2D eigenvalue weighted by Gasteiger charge is 2.12. The van der Waals surface area contributed by atoms with Crippen molar-refractivity contribution in [2.45, 2.75) is 6.04 Å². The predicted octanol–water partition coefficient (Wildman–Crippen LogP) is 1.11. The number of rotatable bonds is 2. The van der Waals surface area contributed by atoms with E-state index in [2.05, 4.69) is 9.97 Å². The second kappa shape index (κ2) is 4.06. The Morgan fingerprint density at radius 1 is 1.13 bits per heavy atom. The summed E-state index contributed by atoms with van der Waals surface area (Å²) in [4.78, 5) is 8.19. The van der Waals surface area contributed by atoms with Gasteiger partial charge in [0.05, 0.1) is 11.7 Å². The molecule has 1 atom stereocenters. The van der Waals surface area contributed by atoms with Gasteiger partial charge < -0.3 is 11.5 Å². The molecule has 0 bridgehead atoms. The first-order valence-corrected chi connectivity index (χ1v) is 4.65. The summed E-state index contributed by atoms with van der Waals surface area (Å²) in [5.74, 6) is 0. The van der Waals surface area contributed by atoms with E-state index < -0.39 is 0 Å². The van der Waals surface area contributed by atoms with Gasteiger partial charge in [-0.05, 0) is 18.2 Å². The number of hydrogen-bond acceptors (Lipinski definition) is 4. The fraction of sp³-hybridized carbons (Fsp3) is 0.0909. The van der Waals surface area contributed by atoms with Gasteiger partial charge in [0, 0.05) is 29.8 Å². The van der Waals surface area contributed by atoms with Gasteiger partial charge in [0.1, 0.15) is 0 Å². The molecule has 2 aromatic heterocycles. The van der Waals surface area contributed by atoms with Crippen molar-refractivity contribution in [3.63, 3.8) is 0 Å². The average Bonchev–Trinajstić information content (AvgIpc) is 2.30. The Morgan fingerprint density at radius 3 is 2.67 bits per heavy atom. The van der Waals surface area contributed by atoms with Crippen LogP contribution in [-0.4, -0.2) is 9.97 Å². The van der Waals surface area contributed by atoms with Crippen LogP contribution in [0.15, 0.2) is 42.9 Å². The first-order valence-electron chi connectivity index (χ1n) is 4.65. The molecule has 0 radical (unpaired) electrons. The number of hydrogen-bond donors (Lipinski definition) is 2. The maximum Gasteiger partial charge on any atom is 0.0761 e. The highest BCUT2D eigenvalue weighted by atomic mass is 14.8. The normalized spacial score (nSPS) is 12.3. The first kappa shape index (κ1) is 9.61. The molecular formula is C11H12N4. The molecule has 0 aliphatic carbocycles. The molecule has 0 aliphatic heterocycles. The number of aromatic nitrogens is 2. The lowest BCUT2D eigenvalue weighted by Crippen LogP contribution is -2.15. The summed E-state index contributed by atoms with van der Waals surface area (Å²) in [6, 6.07) is 7.03. The second-order valence-electron chi connectivity index (χ2n) is 3.24. The summed E-state index contributed by atoms with van der Waals surface area (Å²) in [5.41, 5.74) is 14.1. The van der Waals surface area contributed by atoms with Gasteiger partial charge in [-0.15, -0.1) is 0 Å². The summed E-state index contributed by atoms with van der Waals surface area (Å²) < 4.78 is 0. The maximum absolute atomic E-state index is 6.03. The summed E-state index contributed by atoms with van der Waals surface area (Å²) >= 11 is 0. The average molecular weight is 200 g/mol. The van der Waals surface area contributed by atoms with Gasteiger partial charge in [-0.1, -0.05) is 6.07 Å². The van der Waals surface area contributed by atoms with Crippen LogP contribution in [-0.2, 0) is 0 Å². The summed E-state index contributed by atoms with van der Waals surface area (Å²) in [7, 11) is 0. The van der Waals surface area contributed by atoms with E-state index in [0.29, 0.717) is 5.69 Å². The standard InChI is InChI=1S/C11H12N4/c12-9-4-6-14-7-8(9)11(13)10-3-1-2-5-15-10/h1-7,11H,13H2,(H2,12,14). The molecule has 2 aromatic rings. The van der Waals surface area contributed by atoms with Crippen molar-refractivity contribution in [3.8, 4) is 0 Å². The lowest BCUT2D eigenvalue weighted by Gasteiger charge is -2.12. The lowest BCUT2D eigenvalue weighted by atomic mass is 10.0. The third-order valence-electron chi connectivity index (χ3n) is 2.23. The molecule has 2 heterocycles. The first-order chi connectivity index (χ1) is 7.29. The fourth-order valence-electron chi connectivity index (χ4n) is 1.40. The van der Waals surface area contributed by atoms with Crippen LogP contribution in [0, 0.1) is 0 Å². The molecular weight excluding hydrogens is 188 g/mol. The molecule has 1 unspecified atom stereocenters. The van der Waals surface area contributed by atoms with Crippen LogP contribution in [0.3, 0.4) is 0 Å². The van der Waals surface area contributed by atoms with Crippen LogP contribution in [0.5, 0.6) is 0 Å². The summed E-state index contributed by atoms with van der Waals surface area (Å²) in [6.45, 7) is 0. The van der Waals surface area contributed by atoms with Gasteiger partial charge in [-0.25, -0.2) is 0 Å². The molecule has 0 spiro atoms. The Morgan fingerprint density at radius 2 is 2.00 bits per heavy atom. The lowest BCUT2D eigenvalue weighted by molar-refractivity contribution is 0.825. The second-order valence-corrected chi connectivity index (χ2v) is 3.24. The maximum atomic E-state index is 6.03. The van der Waals surface area contributed by atoms with Crippen LogP contribution >= 0.6 is 0 Å². The monoisotopic (exact) mass is 200 g/mol. The van der Waals surface area contributed by atoms with E-state index in [-0.39, 0.29) is 6.04 Å². The number of anilines is 1. The van der Waals surface area contributed by atoms with Crippen molar-refractivity contribution in [1.82, 2.24) is 9.97 Å². The zero-order chi connectivity index (χ0) is 10.7. The van der Waals surface area contributed by atoms with E-state index >= 15 is 0 Å². The van der Waals surface area contributed by atoms with E-state index in [0.717, 1.165) is 11.3 Å². The Hall–Kier alpha value is -1.94. The van der Waals surface area contributed by atoms with Gasteiger partial charge in [0.2, 0.25) is 0 Å². The largest absolute Gasteiger partial charge is 0.398 e. The highest BCUT2D eigenvalue weighted by Crippen LogP contribution is 2.21. The minimum atomic E-state index is -0.320. The number of nitrogens with two attached hydrogens (primary N) is 2. The van der Waals surface area contributed by atoms with Crippen LogP contribution < -0.4 is 11.5 Å². The van der Waals surface area contributed by atoms with E-state index in [1.165, 1.54) is 0 Å². The molecule has 4 N–H and O–H groups in total. The van der Waals surface area contributed by atoms with E-state index in [9.17, 15) is 0 Å². The zero-order valence-electron chi connectivity index (χ0n) is 8.17. The van der Waals surface area contributed by atoms with E-state index in [4.69, 9.17) is 11.5 Å². The van der Waals surface area contributed by atoms with Crippen molar-refractivity contribution in [2.75, 3.05) is 5.73 Å². The fourth-order valence-corrected chi connectivity index (χ4v) is 1.40. The zero-order valence-corrected chi connectivity index (χ0v) is 8.17. The Kier molecular flexibility index (Phi) is 2.60. The van der Waals surface area contributed by atoms with Crippen LogP contribution in [0.4, 0.5) is 5.69 Å². The van der Waals surface area contributed by atoms with Crippen molar-refractivity contribution in [1.29, 1.82) is 0 Å². The van der Waals surface area contributed by atoms with Gasteiger partial charge in [-0.3, -0.25) is 9.97 Å². The van der Waals surface area contributed by atoms with E-state index in [1.54, 1.807) is 24.7 Å². The molecule has 0 aliphatic rings. The van der Waals surface area contributed by atoms with Gasteiger partial charge in [0.15, 0.2) is 0 Å². The summed E-state index contributed by atoms with van der Waals surface area (Å²) in [6.07, 6.45) is 5.03. The number of nitrogen functional groups attached to an aromatic ring is 1. The SMILES string of the molecule is Nc1ccncc1C(N)c1ccccn1. The van der Waals surface area contributed by atoms with Gasteiger partial charge in [0.25, 0.3) is 0 Å². The minimum absolute atomic E-state index is 0.320. The topological polar surface area (TPSA) is 77.8 Å². The number of nitrogens with zero attached hydrogens (tertiary/aromatic N) is 2. The van der Waals surface area contributed by atoms with Gasteiger partial charge in [-0.2, -0.15) is 0 Å². The third-order valence-corrected chi connectivity index (χ3v) is 2.23. The molecule has 4 heteroatoms. The molecule has 0 saturated heterocycles. The highest BCUT2D eigenvalue weighted by molar-refractivity contribution is 5.48. The molecule has 0 fully saturated rings. The minimum Gasteiger partial charge on any atom is -0.398 e. The van der Waals surface area contributed by atoms with Gasteiger partial charge >= 0.3 is 0 Å². The molecule has 76 valence electrons. The molecule has 0 amide bonds. The smallest absolute Gasteiger partial charge is 0.0761 e. The molecule has 4 nitrogen and oxygen atoms in total. The Balaban J connectivity index is 2.37. The van der Waals surface area contributed by atoms with E-state index in [1.807, 2.05) is 18.2 Å². The Labute approximate surface area is 88.0 Å². The van der Waals surface area contributed by atoms with Crippen LogP contribution in [0.1, 0.15) is 17.3 Å². The molecule has 0 saturated carbocycles. The van der Waals surface area contributed by atoms with Crippen LogP contribution in [0.25, 0.3) is 0 Å². The molecule has 15 heavy (non-hydrogen) atoms. The van der Waals surface area contributed by atoms with Crippen molar-refractivity contribution in [2.24, 2.45) is 5.73 Å². The van der Waals surface area contributed by atoms with Crippen molar-refractivity contribution >= 4 is 5.69 Å². The molecule has 0 aromatic carbocycles. The van der Waals surface area contributed by atoms with Crippen LogP contribution in [0.2, 0.25) is 0 Å². The van der Waals surface area contributed by atoms with Crippen molar-refractivity contribution in [3.05, 3.63) is 54.1 Å². The summed E-state index contributed by atoms with van der Waals surface area (Å²) in [5, 5.41) is 0. The third kappa shape index (κ3) is 1.94. The Bertz CT molecular complexity index is 441.